The molecule has 2 aromatic rings. The van der Waals surface area contributed by atoms with Crippen molar-refractivity contribution in [2.45, 2.75) is 13.8 Å². The van der Waals surface area contributed by atoms with Gasteiger partial charge in [-0.3, -0.25) is 5.32 Å². The van der Waals surface area contributed by atoms with Crippen LogP contribution in [0.2, 0.25) is 0 Å². The van der Waals surface area contributed by atoms with Crippen LogP contribution in [0, 0.1) is 6.92 Å². The zero-order valence-corrected chi connectivity index (χ0v) is 12.4. The second-order valence-electron chi connectivity index (χ2n) is 3.88. The summed E-state index contributed by atoms with van der Waals surface area (Å²) < 4.78 is 9.62. The smallest absolute Gasteiger partial charge is 0.414 e. The fourth-order valence-electron chi connectivity index (χ4n) is 1.34. The van der Waals surface area contributed by atoms with Crippen LogP contribution in [0.25, 0.3) is 0 Å². The van der Waals surface area contributed by atoms with E-state index in [1.54, 1.807) is 19.9 Å². The van der Waals surface area contributed by atoms with Gasteiger partial charge in [-0.15, -0.1) is 0 Å². The first-order chi connectivity index (χ1) is 10.2. The lowest BCUT2D eigenvalue weighted by atomic mass is 10.4. The Hall–Kier alpha value is -2.63. The van der Waals surface area contributed by atoms with Gasteiger partial charge in [-0.2, -0.15) is 4.98 Å². The Morgan fingerprint density at radius 1 is 1.14 bits per heavy atom. The number of benzene rings is 1. The van der Waals surface area contributed by atoms with Gasteiger partial charge in [0.2, 0.25) is 11.8 Å². The lowest BCUT2D eigenvalue weighted by Crippen LogP contribution is -2.15. The summed E-state index contributed by atoms with van der Waals surface area (Å²) >= 11 is 0. The second kappa shape index (κ2) is 9.30. The van der Waals surface area contributed by atoms with E-state index in [0.29, 0.717) is 18.2 Å². The summed E-state index contributed by atoms with van der Waals surface area (Å²) in [6.07, 6.45) is -0.579. The minimum absolute atomic E-state index is 0.172. The van der Waals surface area contributed by atoms with Crippen LogP contribution in [-0.4, -0.2) is 29.8 Å². The molecule has 1 aromatic heterocycles. The van der Waals surface area contributed by atoms with Gasteiger partial charge in [0, 0.05) is 11.8 Å². The van der Waals surface area contributed by atoms with Crippen LogP contribution in [0.1, 0.15) is 12.6 Å². The van der Waals surface area contributed by atoms with E-state index in [-0.39, 0.29) is 5.95 Å². The van der Waals surface area contributed by atoms with Crippen molar-refractivity contribution < 1.29 is 14.3 Å². The topological polar surface area (TPSA) is 73.3 Å². The summed E-state index contributed by atoms with van der Waals surface area (Å²) in [5.41, 5.74) is 0.702. The number of aryl methyl sites for hydroxylation is 1. The maximum Gasteiger partial charge on any atom is 0.414 e. The molecule has 21 heavy (non-hydrogen) atoms. The molecule has 1 amide bonds. The van der Waals surface area contributed by atoms with Crippen molar-refractivity contribution in [2.75, 3.05) is 19.0 Å². The molecule has 1 N–H and O–H groups in total. The molecule has 1 aromatic carbocycles. The van der Waals surface area contributed by atoms with Crippen molar-refractivity contribution in [1.29, 1.82) is 0 Å². The Bertz CT molecular complexity index is 520. The summed E-state index contributed by atoms with van der Waals surface area (Å²) in [5, 5.41) is 2.40. The molecular formula is C15H19N3O3. The second-order valence-corrected chi connectivity index (χ2v) is 3.88. The van der Waals surface area contributed by atoms with Crippen molar-refractivity contribution in [3.8, 4) is 5.88 Å². The molecule has 2 rings (SSSR count). The first kappa shape index (κ1) is 16.4. The number of aromatic nitrogens is 2. The lowest BCUT2D eigenvalue weighted by Gasteiger charge is -2.05. The number of methoxy groups -OCH3 is 1. The molecule has 0 aliphatic rings. The number of amides is 1. The highest BCUT2D eigenvalue weighted by atomic mass is 16.5. The number of carbonyl (C=O) groups excluding carboxylic acids is 1. The Morgan fingerprint density at radius 3 is 2.19 bits per heavy atom. The SMILES string of the molecule is CCOC(=O)Nc1nc(C)cc(OC)n1.c1ccccc1. The number of nitrogens with one attached hydrogen (secondary N) is 1. The van der Waals surface area contributed by atoms with Crippen molar-refractivity contribution in [1.82, 2.24) is 9.97 Å². The molecule has 0 unspecified atom stereocenters. The van der Waals surface area contributed by atoms with Gasteiger partial charge in [-0.1, -0.05) is 36.4 Å². The third-order valence-electron chi connectivity index (χ3n) is 2.20. The number of rotatable bonds is 3. The van der Waals surface area contributed by atoms with Crippen molar-refractivity contribution >= 4 is 12.0 Å². The number of nitrogens with zero attached hydrogens (tertiary/aromatic N) is 2. The molecule has 0 aliphatic carbocycles. The van der Waals surface area contributed by atoms with E-state index in [1.165, 1.54) is 7.11 Å². The molecule has 112 valence electrons. The molecule has 1 heterocycles. The molecular weight excluding hydrogens is 270 g/mol. The molecule has 0 saturated heterocycles. The zero-order valence-electron chi connectivity index (χ0n) is 12.4. The van der Waals surface area contributed by atoms with Crippen LogP contribution >= 0.6 is 0 Å². The normalized spacial score (nSPS) is 9.10. The van der Waals surface area contributed by atoms with E-state index in [1.807, 2.05) is 36.4 Å². The van der Waals surface area contributed by atoms with Gasteiger partial charge in [0.1, 0.15) is 0 Å². The number of ether oxygens (including phenoxy) is 2. The van der Waals surface area contributed by atoms with Crippen molar-refractivity contribution in [3.63, 3.8) is 0 Å². The summed E-state index contributed by atoms with van der Waals surface area (Å²) in [7, 11) is 1.50. The highest BCUT2D eigenvalue weighted by Gasteiger charge is 2.06. The quantitative estimate of drug-likeness (QED) is 0.940. The Morgan fingerprint density at radius 2 is 1.71 bits per heavy atom. The predicted molar refractivity (Wildman–Crippen MR) is 80.4 cm³/mol. The van der Waals surface area contributed by atoms with Gasteiger partial charge in [0.15, 0.2) is 0 Å². The molecule has 6 nitrogen and oxygen atoms in total. The van der Waals surface area contributed by atoms with Crippen molar-refractivity contribution in [3.05, 3.63) is 48.2 Å². The van der Waals surface area contributed by atoms with Gasteiger partial charge < -0.3 is 9.47 Å². The fraction of sp³-hybridized carbons (Fsp3) is 0.267. The standard InChI is InChI=1S/C9H13N3O3.C6H6/c1-4-15-9(13)12-8-10-6(2)5-7(11-8)14-3;1-2-4-6-5-3-1/h5H,4H2,1-3H3,(H,10,11,12,13);1-6H. The summed E-state index contributed by atoms with van der Waals surface area (Å²) in [4.78, 5) is 19.0. The first-order valence-corrected chi connectivity index (χ1v) is 6.49. The molecule has 6 heteroatoms. The largest absolute Gasteiger partial charge is 0.481 e. The molecule has 0 radical (unpaired) electrons. The monoisotopic (exact) mass is 289 g/mol. The Kier molecular flexibility index (Phi) is 7.28. The maximum atomic E-state index is 11.1. The minimum Gasteiger partial charge on any atom is -0.481 e. The van der Waals surface area contributed by atoms with E-state index in [9.17, 15) is 4.79 Å². The zero-order chi connectivity index (χ0) is 15.5. The average Bonchev–Trinajstić information content (AvgIpc) is 2.49. The van der Waals surface area contributed by atoms with Crippen LogP contribution in [0.15, 0.2) is 42.5 Å². The molecule has 0 saturated carbocycles. The minimum atomic E-state index is -0.579. The fourth-order valence-corrected chi connectivity index (χ4v) is 1.34. The average molecular weight is 289 g/mol. The number of anilines is 1. The molecule has 0 atom stereocenters. The Labute approximate surface area is 124 Å². The van der Waals surface area contributed by atoms with Crippen LogP contribution in [-0.2, 0) is 4.74 Å². The number of hydrogen-bond donors (Lipinski definition) is 1. The molecule has 0 spiro atoms. The number of hydrogen-bond acceptors (Lipinski definition) is 5. The lowest BCUT2D eigenvalue weighted by molar-refractivity contribution is 0.167. The van der Waals surface area contributed by atoms with Crippen LogP contribution in [0.3, 0.4) is 0 Å². The maximum absolute atomic E-state index is 11.1. The molecule has 0 bridgehead atoms. The van der Waals surface area contributed by atoms with Crippen LogP contribution < -0.4 is 10.1 Å². The van der Waals surface area contributed by atoms with Crippen LogP contribution in [0.5, 0.6) is 5.88 Å². The third kappa shape index (κ3) is 6.91. The van der Waals surface area contributed by atoms with E-state index >= 15 is 0 Å². The summed E-state index contributed by atoms with van der Waals surface area (Å²) in [5.74, 6) is 0.569. The van der Waals surface area contributed by atoms with E-state index in [4.69, 9.17) is 4.74 Å². The highest BCUT2D eigenvalue weighted by molar-refractivity contribution is 5.82. The van der Waals surface area contributed by atoms with E-state index in [2.05, 4.69) is 20.0 Å². The van der Waals surface area contributed by atoms with E-state index in [0.717, 1.165) is 0 Å². The number of carbonyl (C=O) groups is 1. The first-order valence-electron chi connectivity index (χ1n) is 6.49. The highest BCUT2D eigenvalue weighted by Crippen LogP contribution is 2.11. The summed E-state index contributed by atoms with van der Waals surface area (Å²) in [6.45, 7) is 3.80. The van der Waals surface area contributed by atoms with Crippen LogP contribution in [0.4, 0.5) is 10.7 Å². The molecule has 0 fully saturated rings. The van der Waals surface area contributed by atoms with Gasteiger partial charge in [-0.25, -0.2) is 9.78 Å². The molecule has 0 aliphatic heterocycles. The third-order valence-corrected chi connectivity index (χ3v) is 2.20. The predicted octanol–water partition coefficient (Wildman–Crippen LogP) is 3.05. The van der Waals surface area contributed by atoms with E-state index < -0.39 is 6.09 Å². The van der Waals surface area contributed by atoms with Gasteiger partial charge in [0.25, 0.3) is 0 Å². The van der Waals surface area contributed by atoms with Gasteiger partial charge in [-0.05, 0) is 13.8 Å². The Balaban J connectivity index is 0.000000304. The van der Waals surface area contributed by atoms with Crippen molar-refractivity contribution in [2.24, 2.45) is 0 Å². The van der Waals surface area contributed by atoms with Gasteiger partial charge in [0.05, 0.1) is 13.7 Å². The van der Waals surface area contributed by atoms with Gasteiger partial charge >= 0.3 is 6.09 Å². The summed E-state index contributed by atoms with van der Waals surface area (Å²) in [6, 6.07) is 13.7.